The van der Waals surface area contributed by atoms with Crippen molar-refractivity contribution in [3.05, 3.63) is 89.5 Å². The zero-order valence-corrected chi connectivity index (χ0v) is 19.3. The Kier molecular flexibility index (Phi) is 6.93. The molecule has 34 heavy (non-hydrogen) atoms. The second-order valence-electron chi connectivity index (χ2n) is 8.52. The predicted molar refractivity (Wildman–Crippen MR) is 130 cm³/mol. The van der Waals surface area contributed by atoms with Crippen LogP contribution in [0.15, 0.2) is 72.8 Å². The van der Waals surface area contributed by atoms with Crippen LogP contribution in [0.3, 0.4) is 0 Å². The molecule has 4 rings (SSSR count). The van der Waals surface area contributed by atoms with Crippen LogP contribution in [0.1, 0.15) is 37.0 Å². The van der Waals surface area contributed by atoms with Crippen LogP contribution in [0.5, 0.6) is 11.5 Å². The lowest BCUT2D eigenvalue weighted by molar-refractivity contribution is -0.143. The minimum Gasteiger partial charge on any atom is -0.457 e. The number of rotatable bonds is 6. The van der Waals surface area contributed by atoms with Gasteiger partial charge >= 0.3 is 0 Å². The summed E-state index contributed by atoms with van der Waals surface area (Å²) in [5.74, 6) is 0.808. The topological polar surface area (TPSA) is 82.4 Å². The van der Waals surface area contributed by atoms with Crippen molar-refractivity contribution in [2.45, 2.75) is 39.3 Å². The van der Waals surface area contributed by atoms with E-state index in [-0.39, 0.29) is 17.7 Å². The van der Waals surface area contributed by atoms with E-state index in [2.05, 4.69) is 11.4 Å². The van der Waals surface area contributed by atoms with Crippen molar-refractivity contribution in [3.8, 4) is 17.6 Å². The summed E-state index contributed by atoms with van der Waals surface area (Å²) in [7, 11) is 0. The zero-order valence-electron chi connectivity index (χ0n) is 19.3. The van der Waals surface area contributed by atoms with E-state index in [1.54, 1.807) is 53.4 Å². The highest BCUT2D eigenvalue weighted by Gasteiger charge is 2.35. The van der Waals surface area contributed by atoms with Crippen molar-refractivity contribution in [2.24, 2.45) is 5.92 Å². The maximum absolute atomic E-state index is 13.3. The molecular weight excluding hydrogens is 426 g/mol. The Bertz CT molecular complexity index is 1230. The van der Waals surface area contributed by atoms with Gasteiger partial charge in [0, 0.05) is 24.6 Å². The van der Waals surface area contributed by atoms with Gasteiger partial charge in [0.1, 0.15) is 17.5 Å². The Balaban J connectivity index is 1.48. The third kappa shape index (κ3) is 5.10. The quantitative estimate of drug-likeness (QED) is 0.550. The highest BCUT2D eigenvalue weighted by atomic mass is 16.5. The molecule has 0 saturated heterocycles. The predicted octanol–water partition coefficient (Wildman–Crippen LogP) is 5.29. The van der Waals surface area contributed by atoms with E-state index in [4.69, 9.17) is 10.00 Å². The van der Waals surface area contributed by atoms with Crippen molar-refractivity contribution in [3.63, 3.8) is 0 Å². The number of nitriles is 1. The fourth-order valence-electron chi connectivity index (χ4n) is 4.04. The molecule has 6 heteroatoms. The van der Waals surface area contributed by atoms with Gasteiger partial charge in [-0.1, -0.05) is 44.2 Å². The summed E-state index contributed by atoms with van der Waals surface area (Å²) < 4.78 is 5.81. The molecule has 0 saturated carbocycles. The van der Waals surface area contributed by atoms with Crippen LogP contribution in [-0.2, 0) is 22.6 Å². The van der Waals surface area contributed by atoms with Crippen molar-refractivity contribution < 1.29 is 14.3 Å². The largest absolute Gasteiger partial charge is 0.457 e. The number of nitrogens with one attached hydrogen (secondary N) is 1. The molecule has 0 bridgehead atoms. The number of amides is 2. The summed E-state index contributed by atoms with van der Waals surface area (Å²) in [6.07, 6.45) is 1.21. The standard InChI is InChI=1S/C28H27N3O3/c1-3-19(2)28(33)31-18-22-9-5-4-8-21(22)16-26(31)27(32)30-23-11-13-24(14-12-23)34-25-10-6-7-20(15-25)17-29/h4-15,19,26H,3,16,18H2,1-2H3,(H,30,32). The summed E-state index contributed by atoms with van der Waals surface area (Å²) in [6, 6.07) is 23.4. The Morgan fingerprint density at radius 1 is 1.06 bits per heavy atom. The van der Waals surface area contributed by atoms with Crippen LogP contribution in [0.2, 0.25) is 0 Å². The second kappa shape index (κ2) is 10.2. The first kappa shape index (κ1) is 23.1. The lowest BCUT2D eigenvalue weighted by atomic mass is 9.92. The Labute approximate surface area is 199 Å². The van der Waals surface area contributed by atoms with E-state index < -0.39 is 6.04 Å². The van der Waals surface area contributed by atoms with Crippen LogP contribution in [0, 0.1) is 17.2 Å². The second-order valence-corrected chi connectivity index (χ2v) is 8.52. The van der Waals surface area contributed by atoms with Gasteiger partial charge in [0.05, 0.1) is 11.6 Å². The number of fused-ring (bicyclic) bond motifs is 1. The highest BCUT2D eigenvalue weighted by Crippen LogP contribution is 2.27. The number of anilines is 1. The molecule has 0 fully saturated rings. The summed E-state index contributed by atoms with van der Waals surface area (Å²) in [6.45, 7) is 4.32. The first-order chi connectivity index (χ1) is 16.5. The van der Waals surface area contributed by atoms with Gasteiger partial charge in [-0.3, -0.25) is 9.59 Å². The fourth-order valence-corrected chi connectivity index (χ4v) is 4.04. The van der Waals surface area contributed by atoms with Crippen LogP contribution in [0.4, 0.5) is 5.69 Å². The van der Waals surface area contributed by atoms with Gasteiger partial charge < -0.3 is 15.0 Å². The molecule has 0 aliphatic carbocycles. The molecule has 6 nitrogen and oxygen atoms in total. The molecule has 1 aliphatic rings. The Morgan fingerprint density at radius 2 is 1.79 bits per heavy atom. The minimum absolute atomic E-state index is 0.000463. The molecule has 2 amide bonds. The number of hydrogen-bond donors (Lipinski definition) is 1. The monoisotopic (exact) mass is 453 g/mol. The highest BCUT2D eigenvalue weighted by molar-refractivity contribution is 5.98. The van der Waals surface area contributed by atoms with E-state index in [1.807, 2.05) is 38.1 Å². The molecule has 2 atom stereocenters. The SMILES string of the molecule is CCC(C)C(=O)N1Cc2ccccc2CC1C(=O)Nc1ccc(Oc2cccc(C#N)c2)cc1. The molecule has 0 aromatic heterocycles. The number of ether oxygens (including phenoxy) is 1. The number of benzene rings is 3. The number of hydrogen-bond acceptors (Lipinski definition) is 4. The maximum Gasteiger partial charge on any atom is 0.247 e. The molecule has 1 aliphatic heterocycles. The number of nitrogens with zero attached hydrogens (tertiary/aromatic N) is 2. The van der Waals surface area contributed by atoms with Gasteiger partial charge in [-0.25, -0.2) is 0 Å². The van der Waals surface area contributed by atoms with E-state index >= 15 is 0 Å². The molecule has 3 aromatic carbocycles. The first-order valence-electron chi connectivity index (χ1n) is 11.4. The van der Waals surface area contributed by atoms with E-state index in [0.717, 1.165) is 17.5 Å². The number of carbonyl (C=O) groups is 2. The third-order valence-corrected chi connectivity index (χ3v) is 6.19. The first-order valence-corrected chi connectivity index (χ1v) is 11.4. The fraction of sp³-hybridized carbons (Fsp3) is 0.250. The summed E-state index contributed by atoms with van der Waals surface area (Å²) in [4.78, 5) is 28.1. The van der Waals surface area contributed by atoms with Crippen molar-refractivity contribution in [1.82, 2.24) is 4.90 Å². The van der Waals surface area contributed by atoms with Crippen molar-refractivity contribution in [1.29, 1.82) is 5.26 Å². The molecule has 172 valence electrons. The average Bonchev–Trinajstić information content (AvgIpc) is 2.88. The van der Waals surface area contributed by atoms with Crippen molar-refractivity contribution >= 4 is 17.5 Å². The van der Waals surface area contributed by atoms with Gasteiger partial charge in [0.15, 0.2) is 0 Å². The molecule has 1 heterocycles. The van der Waals surface area contributed by atoms with Gasteiger partial charge in [-0.2, -0.15) is 5.26 Å². The maximum atomic E-state index is 13.3. The smallest absolute Gasteiger partial charge is 0.247 e. The zero-order chi connectivity index (χ0) is 24.1. The Hall–Kier alpha value is -4.11. The lowest BCUT2D eigenvalue weighted by Gasteiger charge is -2.37. The molecular formula is C28H27N3O3. The summed E-state index contributed by atoms with van der Waals surface area (Å²) in [5, 5.41) is 12.0. The molecule has 1 N–H and O–H groups in total. The third-order valence-electron chi connectivity index (χ3n) is 6.19. The van der Waals surface area contributed by atoms with E-state index in [0.29, 0.717) is 35.7 Å². The Morgan fingerprint density at radius 3 is 2.50 bits per heavy atom. The number of carbonyl (C=O) groups excluding carboxylic acids is 2. The van der Waals surface area contributed by atoms with E-state index in [1.165, 1.54) is 0 Å². The normalized spacial score (nSPS) is 15.6. The van der Waals surface area contributed by atoms with Crippen molar-refractivity contribution in [2.75, 3.05) is 5.32 Å². The summed E-state index contributed by atoms with van der Waals surface area (Å²) in [5.41, 5.74) is 3.33. The van der Waals surface area contributed by atoms with Crippen LogP contribution < -0.4 is 10.1 Å². The van der Waals surface area contributed by atoms with Crippen LogP contribution in [-0.4, -0.2) is 22.8 Å². The average molecular weight is 454 g/mol. The molecule has 0 spiro atoms. The molecule has 3 aromatic rings. The van der Waals surface area contributed by atoms with Gasteiger partial charge in [0.2, 0.25) is 11.8 Å². The van der Waals surface area contributed by atoms with Gasteiger partial charge in [-0.05, 0) is 60.0 Å². The lowest BCUT2D eigenvalue weighted by Crippen LogP contribution is -2.52. The molecule has 0 radical (unpaired) electrons. The summed E-state index contributed by atoms with van der Waals surface area (Å²) >= 11 is 0. The van der Waals surface area contributed by atoms with Gasteiger partial charge in [0.25, 0.3) is 0 Å². The van der Waals surface area contributed by atoms with Gasteiger partial charge in [-0.15, -0.1) is 0 Å². The van der Waals surface area contributed by atoms with E-state index in [9.17, 15) is 9.59 Å². The van der Waals surface area contributed by atoms with Crippen LogP contribution in [0.25, 0.3) is 0 Å². The van der Waals surface area contributed by atoms with Crippen LogP contribution >= 0.6 is 0 Å². The minimum atomic E-state index is -0.568. The molecule has 2 unspecified atom stereocenters.